The van der Waals surface area contributed by atoms with Crippen LogP contribution in [-0.4, -0.2) is 52.5 Å². The van der Waals surface area contributed by atoms with Crippen molar-refractivity contribution in [2.75, 3.05) is 32.1 Å². The number of aryl methyl sites for hydroxylation is 2. The number of hydrogen-bond acceptors (Lipinski definition) is 6. The molecule has 3 rings (SSSR count). The summed E-state index contributed by atoms with van der Waals surface area (Å²) in [5.41, 5.74) is 2.72. The fourth-order valence-corrected chi connectivity index (χ4v) is 4.32. The van der Waals surface area contributed by atoms with Crippen molar-refractivity contribution in [1.82, 2.24) is 19.4 Å². The molecule has 0 saturated carbocycles. The van der Waals surface area contributed by atoms with Crippen molar-refractivity contribution in [3.8, 4) is 0 Å². The monoisotopic (exact) mass is 447 g/mol. The highest BCUT2D eigenvalue weighted by Crippen LogP contribution is 2.33. The van der Waals surface area contributed by atoms with Crippen molar-refractivity contribution in [2.24, 2.45) is 0 Å². The molecule has 2 aromatic heterocycles. The number of amides is 1. The Hall–Kier alpha value is -2.29. The van der Waals surface area contributed by atoms with Gasteiger partial charge < -0.3 is 4.90 Å². The molecular weight excluding hydrogens is 422 g/mol. The number of carbonyl (C=O) groups excluding carboxylic acids is 1. The van der Waals surface area contributed by atoms with Crippen LogP contribution in [0, 0.1) is 20.8 Å². The third kappa shape index (κ3) is 4.71. The van der Waals surface area contributed by atoms with Crippen LogP contribution in [0.5, 0.6) is 0 Å². The number of fused-ring (bicyclic) bond motifs is 1. The Morgan fingerprint density at radius 1 is 1.17 bits per heavy atom. The molecule has 30 heavy (non-hydrogen) atoms. The second-order valence-corrected chi connectivity index (χ2v) is 9.02. The van der Waals surface area contributed by atoms with Gasteiger partial charge in [-0.25, -0.2) is 9.97 Å². The van der Waals surface area contributed by atoms with Crippen LogP contribution in [0.3, 0.4) is 0 Å². The molecule has 0 aliphatic heterocycles. The second kappa shape index (κ2) is 9.24. The fourth-order valence-electron chi connectivity index (χ4n) is 3.10. The first-order chi connectivity index (χ1) is 14.2. The summed E-state index contributed by atoms with van der Waals surface area (Å²) >= 11 is 7.70. The maximum atomic E-state index is 13.2. The molecule has 1 aromatic carbocycles. The minimum atomic E-state index is -0.198. The van der Waals surface area contributed by atoms with Gasteiger partial charge in [0.15, 0.2) is 5.13 Å². The van der Waals surface area contributed by atoms with E-state index in [0.29, 0.717) is 28.0 Å². The predicted molar refractivity (Wildman–Crippen MR) is 123 cm³/mol. The average molecular weight is 448 g/mol. The Labute approximate surface area is 184 Å². The van der Waals surface area contributed by atoms with Crippen LogP contribution < -0.4 is 10.5 Å². The lowest BCUT2D eigenvalue weighted by Gasteiger charge is -2.21. The summed E-state index contributed by atoms with van der Waals surface area (Å²) in [5, 5.41) is 1.27. The topological polar surface area (TPSA) is 71.3 Å². The van der Waals surface area contributed by atoms with E-state index in [1.165, 1.54) is 22.2 Å². The molecule has 0 spiro atoms. The SMILES string of the molecule is Cc1ncn(CC(=O)N(CCCN(C)C)c2nc3c(C)c(Cl)ccc3s2)c(=O)c1C. The summed E-state index contributed by atoms with van der Waals surface area (Å²) in [6.45, 7) is 6.70. The third-order valence-electron chi connectivity index (χ3n) is 5.08. The summed E-state index contributed by atoms with van der Waals surface area (Å²) in [5.74, 6) is -0.191. The average Bonchev–Trinajstić information content (AvgIpc) is 3.13. The Kier molecular flexibility index (Phi) is 6.90. The highest BCUT2D eigenvalue weighted by atomic mass is 35.5. The maximum Gasteiger partial charge on any atom is 0.256 e. The standard InChI is InChI=1S/C21H26ClN5O2S/c1-13-15(3)23-12-26(20(13)29)11-18(28)27(10-6-9-25(4)5)21-24-19-14(2)16(22)7-8-17(19)30-21/h7-8,12H,6,9-11H2,1-5H3. The molecule has 0 fully saturated rings. The van der Waals surface area contributed by atoms with Gasteiger partial charge in [-0.2, -0.15) is 0 Å². The van der Waals surface area contributed by atoms with Gasteiger partial charge in [-0.15, -0.1) is 0 Å². The van der Waals surface area contributed by atoms with Crippen LogP contribution in [-0.2, 0) is 11.3 Å². The molecule has 1 amide bonds. The summed E-state index contributed by atoms with van der Waals surface area (Å²) in [7, 11) is 3.99. The molecular formula is C21H26ClN5O2S. The molecule has 160 valence electrons. The number of nitrogens with zero attached hydrogens (tertiary/aromatic N) is 5. The van der Waals surface area contributed by atoms with Crippen LogP contribution in [0.1, 0.15) is 23.2 Å². The smallest absolute Gasteiger partial charge is 0.256 e. The number of hydrogen-bond donors (Lipinski definition) is 0. The van der Waals surface area contributed by atoms with Gasteiger partial charge in [-0.05, 0) is 65.5 Å². The van der Waals surface area contributed by atoms with Crippen molar-refractivity contribution in [3.63, 3.8) is 0 Å². The van der Waals surface area contributed by atoms with E-state index < -0.39 is 0 Å². The third-order valence-corrected chi connectivity index (χ3v) is 6.53. The van der Waals surface area contributed by atoms with Gasteiger partial charge in [-0.3, -0.25) is 19.1 Å². The summed E-state index contributed by atoms with van der Waals surface area (Å²) in [4.78, 5) is 38.4. The van der Waals surface area contributed by atoms with E-state index in [2.05, 4.69) is 9.88 Å². The molecule has 0 unspecified atom stereocenters. The minimum Gasteiger partial charge on any atom is -0.309 e. The number of anilines is 1. The van der Waals surface area contributed by atoms with Crippen LogP contribution in [0.25, 0.3) is 10.2 Å². The largest absolute Gasteiger partial charge is 0.309 e. The van der Waals surface area contributed by atoms with Crippen LogP contribution in [0.2, 0.25) is 5.02 Å². The number of rotatable bonds is 7. The minimum absolute atomic E-state index is 0.0788. The number of aromatic nitrogens is 3. The lowest BCUT2D eigenvalue weighted by molar-refractivity contribution is -0.119. The highest BCUT2D eigenvalue weighted by molar-refractivity contribution is 7.22. The first kappa shape index (κ1) is 22.4. The van der Waals surface area contributed by atoms with Crippen LogP contribution >= 0.6 is 22.9 Å². The number of halogens is 1. The van der Waals surface area contributed by atoms with E-state index in [4.69, 9.17) is 16.6 Å². The van der Waals surface area contributed by atoms with Crippen molar-refractivity contribution in [2.45, 2.75) is 33.7 Å². The van der Waals surface area contributed by atoms with E-state index in [1.54, 1.807) is 18.7 Å². The molecule has 2 heterocycles. The first-order valence-electron chi connectivity index (χ1n) is 9.72. The highest BCUT2D eigenvalue weighted by Gasteiger charge is 2.22. The molecule has 0 saturated heterocycles. The number of carbonyl (C=O) groups is 1. The van der Waals surface area contributed by atoms with Crippen LogP contribution in [0.15, 0.2) is 23.3 Å². The van der Waals surface area contributed by atoms with Gasteiger partial charge >= 0.3 is 0 Å². The zero-order chi connectivity index (χ0) is 22.0. The van der Waals surface area contributed by atoms with Gasteiger partial charge in [0.2, 0.25) is 5.91 Å². The Morgan fingerprint density at radius 3 is 2.60 bits per heavy atom. The van der Waals surface area contributed by atoms with Crippen molar-refractivity contribution < 1.29 is 4.79 Å². The zero-order valence-electron chi connectivity index (χ0n) is 17.9. The molecule has 0 N–H and O–H groups in total. The van der Waals surface area contributed by atoms with E-state index in [1.807, 2.05) is 33.2 Å². The van der Waals surface area contributed by atoms with Gasteiger partial charge in [0.05, 0.1) is 16.5 Å². The normalized spacial score (nSPS) is 11.4. The first-order valence-corrected chi connectivity index (χ1v) is 10.9. The molecule has 0 radical (unpaired) electrons. The Morgan fingerprint density at radius 2 is 1.90 bits per heavy atom. The fraction of sp³-hybridized carbons (Fsp3) is 0.429. The van der Waals surface area contributed by atoms with E-state index in [-0.39, 0.29) is 18.0 Å². The molecule has 3 aromatic rings. The molecule has 0 aliphatic rings. The van der Waals surface area contributed by atoms with Crippen molar-refractivity contribution in [3.05, 3.63) is 50.7 Å². The van der Waals surface area contributed by atoms with Gasteiger partial charge in [0.25, 0.3) is 5.56 Å². The van der Waals surface area contributed by atoms with Crippen molar-refractivity contribution >= 4 is 44.2 Å². The Balaban J connectivity index is 1.94. The van der Waals surface area contributed by atoms with Gasteiger partial charge in [0, 0.05) is 22.8 Å². The lowest BCUT2D eigenvalue weighted by atomic mass is 10.2. The second-order valence-electron chi connectivity index (χ2n) is 7.61. The molecule has 9 heteroatoms. The van der Waals surface area contributed by atoms with E-state index in [9.17, 15) is 9.59 Å². The quantitative estimate of drug-likeness (QED) is 0.555. The lowest BCUT2D eigenvalue weighted by Crippen LogP contribution is -2.38. The molecule has 0 bridgehead atoms. The number of thiazole rings is 1. The summed E-state index contributed by atoms with van der Waals surface area (Å²) < 4.78 is 2.33. The van der Waals surface area contributed by atoms with Gasteiger partial charge in [0.1, 0.15) is 6.54 Å². The molecule has 7 nitrogen and oxygen atoms in total. The predicted octanol–water partition coefficient (Wildman–Crippen LogP) is 3.42. The zero-order valence-corrected chi connectivity index (χ0v) is 19.5. The molecule has 0 atom stereocenters. The Bertz CT molecular complexity index is 1140. The summed E-state index contributed by atoms with van der Waals surface area (Å²) in [6.07, 6.45) is 2.22. The van der Waals surface area contributed by atoms with Crippen molar-refractivity contribution in [1.29, 1.82) is 0 Å². The summed E-state index contributed by atoms with van der Waals surface area (Å²) in [6, 6.07) is 3.77. The van der Waals surface area contributed by atoms with Crippen LogP contribution in [0.4, 0.5) is 5.13 Å². The van der Waals surface area contributed by atoms with E-state index in [0.717, 1.165) is 28.7 Å². The van der Waals surface area contributed by atoms with Gasteiger partial charge in [-0.1, -0.05) is 22.9 Å². The number of benzene rings is 1. The molecule has 0 aliphatic carbocycles. The maximum absolute atomic E-state index is 13.2. The van der Waals surface area contributed by atoms with E-state index >= 15 is 0 Å².